The maximum absolute atomic E-state index is 13.4. The molecule has 1 aromatic carbocycles. The lowest BCUT2D eigenvalue weighted by Gasteiger charge is -2.16. The van der Waals surface area contributed by atoms with E-state index >= 15 is 0 Å². The number of urea groups is 1. The number of amides is 2. The van der Waals surface area contributed by atoms with Gasteiger partial charge in [0.2, 0.25) is 0 Å². The van der Waals surface area contributed by atoms with Crippen LogP contribution in [0.3, 0.4) is 0 Å². The second-order valence-corrected chi connectivity index (χ2v) is 5.40. The van der Waals surface area contributed by atoms with Crippen molar-refractivity contribution in [2.75, 3.05) is 19.6 Å². The van der Waals surface area contributed by atoms with Crippen LogP contribution < -0.4 is 5.32 Å². The lowest BCUT2D eigenvalue weighted by atomic mass is 9.99. The van der Waals surface area contributed by atoms with E-state index in [0.717, 1.165) is 0 Å². The van der Waals surface area contributed by atoms with Gasteiger partial charge in [-0.05, 0) is 24.0 Å². The number of nitrogens with zero attached hydrogens (tertiary/aromatic N) is 1. The van der Waals surface area contributed by atoms with E-state index in [9.17, 15) is 14.0 Å². The number of aliphatic carboxylic acids is 1. The van der Waals surface area contributed by atoms with Crippen LogP contribution in [0.2, 0.25) is 0 Å². The Bertz CT molecular complexity index is 535. The standard InChI is InChI=1S/C15H19FN2O3/c1-10-8-18(9-12(10)14(19)20)15(21)17-7-6-11-4-2-3-5-13(11)16/h2-5,10,12H,6-9H2,1H3,(H,17,21)(H,19,20). The fourth-order valence-electron chi connectivity index (χ4n) is 2.57. The average molecular weight is 294 g/mol. The number of carbonyl (C=O) groups is 2. The molecule has 2 atom stereocenters. The third kappa shape index (κ3) is 3.71. The minimum atomic E-state index is -0.871. The average Bonchev–Trinajstić information content (AvgIpc) is 2.83. The number of nitrogens with one attached hydrogen (secondary N) is 1. The summed E-state index contributed by atoms with van der Waals surface area (Å²) in [4.78, 5) is 24.5. The zero-order chi connectivity index (χ0) is 15.4. The summed E-state index contributed by atoms with van der Waals surface area (Å²) in [5.74, 6) is -1.72. The summed E-state index contributed by atoms with van der Waals surface area (Å²) in [7, 11) is 0. The Balaban J connectivity index is 1.81. The van der Waals surface area contributed by atoms with E-state index in [-0.39, 0.29) is 24.3 Å². The second kappa shape index (κ2) is 6.56. The summed E-state index contributed by atoms with van der Waals surface area (Å²) < 4.78 is 13.4. The molecule has 0 saturated carbocycles. The first-order valence-electron chi connectivity index (χ1n) is 6.98. The third-order valence-electron chi connectivity index (χ3n) is 3.85. The van der Waals surface area contributed by atoms with Crippen molar-refractivity contribution in [2.45, 2.75) is 13.3 Å². The summed E-state index contributed by atoms with van der Waals surface area (Å²) in [5.41, 5.74) is 0.552. The van der Waals surface area contributed by atoms with Gasteiger partial charge in [-0.25, -0.2) is 9.18 Å². The van der Waals surface area contributed by atoms with Gasteiger partial charge in [0.05, 0.1) is 5.92 Å². The largest absolute Gasteiger partial charge is 0.481 e. The summed E-state index contributed by atoms with van der Waals surface area (Å²) in [5, 5.41) is 11.7. The van der Waals surface area contributed by atoms with Crippen LogP contribution in [0.1, 0.15) is 12.5 Å². The fourth-order valence-corrected chi connectivity index (χ4v) is 2.57. The van der Waals surface area contributed by atoms with E-state index in [1.165, 1.54) is 11.0 Å². The molecule has 6 heteroatoms. The molecule has 114 valence electrons. The molecule has 1 saturated heterocycles. The van der Waals surface area contributed by atoms with Crippen LogP contribution in [0, 0.1) is 17.7 Å². The van der Waals surface area contributed by atoms with E-state index < -0.39 is 11.9 Å². The molecule has 1 aromatic rings. The fraction of sp³-hybridized carbons (Fsp3) is 0.467. The molecule has 0 spiro atoms. The molecule has 0 aromatic heterocycles. The third-order valence-corrected chi connectivity index (χ3v) is 3.85. The van der Waals surface area contributed by atoms with E-state index in [2.05, 4.69) is 5.32 Å². The molecule has 1 aliphatic rings. The maximum Gasteiger partial charge on any atom is 0.317 e. The van der Waals surface area contributed by atoms with Crippen LogP contribution in [0.25, 0.3) is 0 Å². The van der Waals surface area contributed by atoms with Crippen molar-refractivity contribution >= 4 is 12.0 Å². The number of benzene rings is 1. The molecule has 2 amide bonds. The Morgan fingerprint density at radius 1 is 1.38 bits per heavy atom. The van der Waals surface area contributed by atoms with Crippen molar-refractivity contribution < 1.29 is 19.1 Å². The minimum Gasteiger partial charge on any atom is -0.481 e. The van der Waals surface area contributed by atoms with Crippen LogP contribution in [0.4, 0.5) is 9.18 Å². The Labute approximate surface area is 122 Å². The normalized spacial score (nSPS) is 21.3. The van der Waals surface area contributed by atoms with E-state index in [4.69, 9.17) is 5.11 Å². The van der Waals surface area contributed by atoms with Crippen molar-refractivity contribution in [3.63, 3.8) is 0 Å². The van der Waals surface area contributed by atoms with Crippen molar-refractivity contribution in [1.82, 2.24) is 10.2 Å². The Morgan fingerprint density at radius 3 is 2.71 bits per heavy atom. The topological polar surface area (TPSA) is 69.6 Å². The highest BCUT2D eigenvalue weighted by molar-refractivity contribution is 5.77. The highest BCUT2D eigenvalue weighted by Crippen LogP contribution is 2.22. The Hall–Kier alpha value is -2.11. The van der Waals surface area contributed by atoms with Gasteiger partial charge in [-0.2, -0.15) is 0 Å². The van der Waals surface area contributed by atoms with Gasteiger partial charge in [0.1, 0.15) is 5.82 Å². The van der Waals surface area contributed by atoms with Crippen LogP contribution in [-0.2, 0) is 11.2 Å². The molecule has 0 aliphatic carbocycles. The highest BCUT2D eigenvalue weighted by Gasteiger charge is 2.36. The summed E-state index contributed by atoms with van der Waals surface area (Å²) in [6, 6.07) is 6.15. The molecule has 1 aliphatic heterocycles. The number of hydrogen-bond acceptors (Lipinski definition) is 2. The number of likely N-dealkylation sites (tertiary alicyclic amines) is 1. The van der Waals surface area contributed by atoms with Gasteiger partial charge in [-0.1, -0.05) is 25.1 Å². The molecule has 5 nitrogen and oxygen atoms in total. The van der Waals surface area contributed by atoms with Gasteiger partial charge >= 0.3 is 12.0 Å². The van der Waals surface area contributed by atoms with Gasteiger partial charge in [-0.15, -0.1) is 0 Å². The van der Waals surface area contributed by atoms with Crippen LogP contribution >= 0.6 is 0 Å². The number of carboxylic acid groups (broad SMARTS) is 1. The Morgan fingerprint density at radius 2 is 2.10 bits per heavy atom. The van der Waals surface area contributed by atoms with Gasteiger partial charge in [-0.3, -0.25) is 4.79 Å². The lowest BCUT2D eigenvalue weighted by Crippen LogP contribution is -2.39. The smallest absolute Gasteiger partial charge is 0.317 e. The number of carbonyl (C=O) groups excluding carboxylic acids is 1. The summed E-state index contributed by atoms with van der Waals surface area (Å²) in [6.45, 7) is 2.80. The number of halogens is 1. The van der Waals surface area contributed by atoms with Crippen molar-refractivity contribution in [1.29, 1.82) is 0 Å². The molecule has 2 rings (SSSR count). The maximum atomic E-state index is 13.4. The molecule has 2 unspecified atom stereocenters. The highest BCUT2D eigenvalue weighted by atomic mass is 19.1. The first-order valence-corrected chi connectivity index (χ1v) is 6.98. The predicted molar refractivity (Wildman–Crippen MR) is 75.4 cm³/mol. The minimum absolute atomic E-state index is 0.0557. The SMILES string of the molecule is CC1CN(C(=O)NCCc2ccccc2F)CC1C(=O)O. The molecular weight excluding hydrogens is 275 g/mol. The number of carboxylic acids is 1. The van der Waals surface area contributed by atoms with Crippen molar-refractivity contribution in [3.05, 3.63) is 35.6 Å². The van der Waals surface area contributed by atoms with E-state index in [0.29, 0.717) is 25.1 Å². The molecule has 2 N–H and O–H groups in total. The molecule has 0 radical (unpaired) electrons. The molecule has 1 fully saturated rings. The first kappa shape index (κ1) is 15.3. The first-order chi connectivity index (χ1) is 9.99. The monoisotopic (exact) mass is 294 g/mol. The molecule has 0 bridgehead atoms. The van der Waals surface area contributed by atoms with E-state index in [1.54, 1.807) is 18.2 Å². The molecule has 21 heavy (non-hydrogen) atoms. The van der Waals surface area contributed by atoms with Crippen molar-refractivity contribution in [2.24, 2.45) is 11.8 Å². The van der Waals surface area contributed by atoms with Gasteiger partial charge in [0.15, 0.2) is 0 Å². The Kier molecular flexibility index (Phi) is 4.77. The van der Waals surface area contributed by atoms with Crippen molar-refractivity contribution in [3.8, 4) is 0 Å². The molecular formula is C15H19FN2O3. The predicted octanol–water partition coefficient (Wildman–Crippen LogP) is 1.73. The zero-order valence-electron chi connectivity index (χ0n) is 11.9. The summed E-state index contributed by atoms with van der Waals surface area (Å²) in [6.07, 6.45) is 0.407. The van der Waals surface area contributed by atoms with Crippen LogP contribution in [0.5, 0.6) is 0 Å². The van der Waals surface area contributed by atoms with Gasteiger partial charge in [0.25, 0.3) is 0 Å². The quantitative estimate of drug-likeness (QED) is 0.888. The zero-order valence-corrected chi connectivity index (χ0v) is 11.9. The molecule has 1 heterocycles. The number of hydrogen-bond donors (Lipinski definition) is 2. The van der Waals surface area contributed by atoms with Gasteiger partial charge in [0, 0.05) is 19.6 Å². The lowest BCUT2D eigenvalue weighted by molar-refractivity contribution is -0.142. The second-order valence-electron chi connectivity index (χ2n) is 5.40. The number of rotatable bonds is 4. The van der Waals surface area contributed by atoms with Crippen LogP contribution in [0.15, 0.2) is 24.3 Å². The summed E-state index contributed by atoms with van der Waals surface area (Å²) >= 11 is 0. The van der Waals surface area contributed by atoms with Crippen LogP contribution in [-0.4, -0.2) is 41.6 Å². The van der Waals surface area contributed by atoms with Gasteiger partial charge < -0.3 is 15.3 Å². The van der Waals surface area contributed by atoms with E-state index in [1.807, 2.05) is 6.92 Å².